The summed E-state index contributed by atoms with van der Waals surface area (Å²) in [5, 5.41) is 0. The molecule has 1 aliphatic heterocycles. The van der Waals surface area contributed by atoms with Crippen LogP contribution < -0.4 is 10.5 Å². The van der Waals surface area contributed by atoms with Gasteiger partial charge in [-0.05, 0) is 35.7 Å². The fourth-order valence-electron chi connectivity index (χ4n) is 3.18. The van der Waals surface area contributed by atoms with Gasteiger partial charge < -0.3 is 10.5 Å². The van der Waals surface area contributed by atoms with Gasteiger partial charge in [0, 0.05) is 26.2 Å². The summed E-state index contributed by atoms with van der Waals surface area (Å²) in [6.45, 7) is 2.73. The zero-order chi connectivity index (χ0) is 17.9. The van der Waals surface area contributed by atoms with Gasteiger partial charge in [-0.2, -0.15) is 13.2 Å². The van der Waals surface area contributed by atoms with Crippen molar-refractivity contribution in [1.29, 1.82) is 0 Å². The van der Waals surface area contributed by atoms with Gasteiger partial charge in [0.05, 0.1) is 5.56 Å². The van der Waals surface area contributed by atoms with Gasteiger partial charge in [0.15, 0.2) is 0 Å². The molecule has 0 fully saturated rings. The van der Waals surface area contributed by atoms with Crippen LogP contribution in [0.4, 0.5) is 13.2 Å². The van der Waals surface area contributed by atoms with Crippen molar-refractivity contribution in [2.45, 2.75) is 18.7 Å². The van der Waals surface area contributed by atoms with Crippen LogP contribution in [0.2, 0.25) is 0 Å². The van der Waals surface area contributed by atoms with E-state index in [-0.39, 0.29) is 11.9 Å². The summed E-state index contributed by atoms with van der Waals surface area (Å²) in [5.74, 6) is 0.226. The molecule has 1 aliphatic rings. The van der Waals surface area contributed by atoms with E-state index < -0.39 is 11.7 Å². The number of benzene rings is 2. The Morgan fingerprint density at radius 2 is 1.92 bits per heavy atom. The van der Waals surface area contributed by atoms with E-state index in [4.69, 9.17) is 10.5 Å². The zero-order valence-corrected chi connectivity index (χ0v) is 13.8. The molecular formula is C19H21F3N2O. The highest BCUT2D eigenvalue weighted by atomic mass is 19.4. The number of rotatable bonds is 4. The molecule has 25 heavy (non-hydrogen) atoms. The average Bonchev–Trinajstić information content (AvgIpc) is 2.75. The number of fused-ring (bicyclic) bond motifs is 1. The van der Waals surface area contributed by atoms with Crippen LogP contribution in [0.5, 0.6) is 5.75 Å². The largest absolute Gasteiger partial charge is 0.484 e. The van der Waals surface area contributed by atoms with Crippen LogP contribution in [-0.4, -0.2) is 31.1 Å². The number of nitrogens with zero attached hydrogens (tertiary/aromatic N) is 1. The van der Waals surface area contributed by atoms with Crippen LogP contribution >= 0.6 is 0 Å². The third kappa shape index (κ3) is 4.32. The normalized spacial score (nSPS) is 18.5. The van der Waals surface area contributed by atoms with Crippen molar-refractivity contribution in [3.63, 3.8) is 0 Å². The lowest BCUT2D eigenvalue weighted by Gasteiger charge is -2.25. The van der Waals surface area contributed by atoms with Gasteiger partial charge in [-0.25, -0.2) is 0 Å². The molecule has 2 aromatic rings. The molecule has 0 aliphatic carbocycles. The smallest absolute Gasteiger partial charge is 0.416 e. The Kier molecular flexibility index (Phi) is 5.30. The summed E-state index contributed by atoms with van der Waals surface area (Å²) < 4.78 is 44.8. The van der Waals surface area contributed by atoms with E-state index in [1.165, 1.54) is 11.6 Å². The molecular weight excluding hydrogens is 329 g/mol. The van der Waals surface area contributed by atoms with Crippen LogP contribution in [0.25, 0.3) is 0 Å². The minimum atomic E-state index is -4.38. The van der Waals surface area contributed by atoms with E-state index in [2.05, 4.69) is 4.90 Å². The maximum Gasteiger partial charge on any atom is 0.416 e. The average molecular weight is 350 g/mol. The highest BCUT2D eigenvalue weighted by Crippen LogP contribution is 2.34. The van der Waals surface area contributed by atoms with E-state index in [9.17, 15) is 13.2 Å². The van der Waals surface area contributed by atoms with E-state index in [1.807, 2.05) is 24.3 Å². The predicted molar refractivity (Wildman–Crippen MR) is 90.5 cm³/mol. The van der Waals surface area contributed by atoms with Crippen molar-refractivity contribution >= 4 is 0 Å². The van der Waals surface area contributed by atoms with Gasteiger partial charge in [-0.1, -0.05) is 30.3 Å². The van der Waals surface area contributed by atoms with E-state index in [1.54, 1.807) is 6.07 Å². The SMILES string of the molecule is NCCN1CCc2ccccc2C(Oc2cccc(C(F)(F)F)c2)C1. The number of hydrogen-bond acceptors (Lipinski definition) is 3. The Morgan fingerprint density at radius 1 is 1.12 bits per heavy atom. The van der Waals surface area contributed by atoms with E-state index >= 15 is 0 Å². The lowest BCUT2D eigenvalue weighted by Crippen LogP contribution is -2.34. The Balaban J connectivity index is 1.88. The molecule has 1 heterocycles. The molecule has 0 saturated heterocycles. The number of hydrogen-bond donors (Lipinski definition) is 1. The molecule has 0 bridgehead atoms. The molecule has 0 saturated carbocycles. The Morgan fingerprint density at radius 3 is 2.68 bits per heavy atom. The molecule has 0 aromatic heterocycles. The summed E-state index contributed by atoms with van der Waals surface area (Å²) in [7, 11) is 0. The lowest BCUT2D eigenvalue weighted by molar-refractivity contribution is -0.137. The van der Waals surface area contributed by atoms with E-state index in [0.29, 0.717) is 13.1 Å². The Hall–Kier alpha value is -2.05. The quantitative estimate of drug-likeness (QED) is 0.915. The molecule has 2 aromatic carbocycles. The summed E-state index contributed by atoms with van der Waals surface area (Å²) in [5.41, 5.74) is 7.16. The first-order valence-electron chi connectivity index (χ1n) is 8.31. The first-order valence-corrected chi connectivity index (χ1v) is 8.31. The second-order valence-corrected chi connectivity index (χ2v) is 6.17. The Bertz CT molecular complexity index is 718. The minimum Gasteiger partial charge on any atom is -0.484 e. The molecule has 0 amide bonds. The first-order chi connectivity index (χ1) is 12.0. The van der Waals surface area contributed by atoms with Gasteiger partial charge >= 0.3 is 6.18 Å². The van der Waals surface area contributed by atoms with Crippen LogP contribution in [0.3, 0.4) is 0 Å². The predicted octanol–water partition coefficient (Wildman–Crippen LogP) is 3.64. The van der Waals surface area contributed by atoms with Gasteiger partial charge in [0.1, 0.15) is 11.9 Å². The highest BCUT2D eigenvalue weighted by molar-refractivity contribution is 5.34. The number of ether oxygens (including phenoxy) is 1. The van der Waals surface area contributed by atoms with E-state index in [0.717, 1.165) is 37.2 Å². The van der Waals surface area contributed by atoms with Crippen molar-refractivity contribution in [3.8, 4) is 5.75 Å². The molecule has 3 nitrogen and oxygen atoms in total. The fraction of sp³-hybridized carbons (Fsp3) is 0.368. The molecule has 0 spiro atoms. The topological polar surface area (TPSA) is 38.5 Å². The number of nitrogens with two attached hydrogens (primary N) is 1. The summed E-state index contributed by atoms with van der Waals surface area (Å²) >= 11 is 0. The molecule has 0 radical (unpaired) electrons. The Labute approximate surface area is 145 Å². The third-order valence-electron chi connectivity index (χ3n) is 4.41. The summed E-state index contributed by atoms with van der Waals surface area (Å²) in [6.07, 6.45) is -3.83. The fourth-order valence-corrected chi connectivity index (χ4v) is 3.18. The van der Waals surface area contributed by atoms with Crippen molar-refractivity contribution in [2.75, 3.05) is 26.2 Å². The van der Waals surface area contributed by atoms with Gasteiger partial charge in [-0.15, -0.1) is 0 Å². The van der Waals surface area contributed by atoms with Crippen LogP contribution in [0.15, 0.2) is 48.5 Å². The third-order valence-corrected chi connectivity index (χ3v) is 4.41. The van der Waals surface area contributed by atoms with Crippen molar-refractivity contribution in [3.05, 3.63) is 65.2 Å². The van der Waals surface area contributed by atoms with Crippen molar-refractivity contribution in [1.82, 2.24) is 4.90 Å². The minimum absolute atomic E-state index is 0.226. The number of halogens is 3. The second kappa shape index (κ2) is 7.45. The van der Waals surface area contributed by atoms with Crippen molar-refractivity contribution < 1.29 is 17.9 Å². The van der Waals surface area contributed by atoms with Crippen LogP contribution in [0.1, 0.15) is 22.8 Å². The molecule has 1 atom stereocenters. The molecule has 1 unspecified atom stereocenters. The molecule has 6 heteroatoms. The van der Waals surface area contributed by atoms with Crippen LogP contribution in [-0.2, 0) is 12.6 Å². The monoisotopic (exact) mass is 350 g/mol. The molecule has 134 valence electrons. The molecule has 2 N–H and O–H groups in total. The van der Waals surface area contributed by atoms with Crippen molar-refractivity contribution in [2.24, 2.45) is 5.73 Å². The van der Waals surface area contributed by atoms with Gasteiger partial charge in [0.2, 0.25) is 0 Å². The molecule has 3 rings (SSSR count). The van der Waals surface area contributed by atoms with Gasteiger partial charge in [-0.3, -0.25) is 4.90 Å². The summed E-state index contributed by atoms with van der Waals surface area (Å²) in [4.78, 5) is 2.19. The maximum absolute atomic E-state index is 12.9. The summed E-state index contributed by atoms with van der Waals surface area (Å²) in [6, 6.07) is 13.0. The van der Waals surface area contributed by atoms with Crippen LogP contribution in [0, 0.1) is 0 Å². The highest BCUT2D eigenvalue weighted by Gasteiger charge is 2.31. The van der Waals surface area contributed by atoms with Gasteiger partial charge in [0.25, 0.3) is 0 Å². The lowest BCUT2D eigenvalue weighted by atomic mass is 10.0. The zero-order valence-electron chi connectivity index (χ0n) is 13.8. The second-order valence-electron chi connectivity index (χ2n) is 6.17. The standard InChI is InChI=1S/C19H21F3N2O/c20-19(21,22)15-5-3-6-16(12-15)25-18-13-24(11-9-23)10-8-14-4-1-2-7-17(14)18/h1-7,12,18H,8-11,13,23H2. The maximum atomic E-state index is 12.9. The first kappa shape index (κ1) is 17.8. The number of alkyl halides is 3.